The molecule has 110 valence electrons. The van der Waals surface area contributed by atoms with E-state index in [2.05, 4.69) is 53.9 Å². The molecule has 3 rings (SSSR count). The van der Waals surface area contributed by atoms with Crippen molar-refractivity contribution in [1.29, 1.82) is 0 Å². The summed E-state index contributed by atoms with van der Waals surface area (Å²) in [6, 6.07) is 6.25. The molecular weight excluding hydrogens is 280 g/mol. The van der Waals surface area contributed by atoms with Gasteiger partial charge in [-0.05, 0) is 45.4 Å². The van der Waals surface area contributed by atoms with Gasteiger partial charge in [0.05, 0.1) is 16.0 Å². The quantitative estimate of drug-likeness (QED) is 0.785. The summed E-state index contributed by atoms with van der Waals surface area (Å²) in [5, 5.41) is 3.13. The topological polar surface area (TPSA) is 56.7 Å². The van der Waals surface area contributed by atoms with Crippen LogP contribution >= 0.6 is 11.3 Å². The normalized spacial score (nSPS) is 12.2. The van der Waals surface area contributed by atoms with Crippen molar-refractivity contribution in [2.24, 2.45) is 5.73 Å². The van der Waals surface area contributed by atoms with E-state index in [0.29, 0.717) is 6.54 Å². The maximum absolute atomic E-state index is 5.74. The zero-order valence-corrected chi connectivity index (χ0v) is 13.7. The summed E-state index contributed by atoms with van der Waals surface area (Å²) in [6.45, 7) is 9.11. The number of aryl methyl sites for hydroxylation is 1. The first-order valence-corrected chi connectivity index (χ1v) is 7.92. The molecule has 0 spiro atoms. The highest BCUT2D eigenvalue weighted by Gasteiger charge is 2.23. The standard InChI is InChI=1S/C16H20N4S/c1-10-18-13(9-21-10)15-19-12-7-11(8-17)5-6-14(12)20(15)16(2,3)4/h5-7,9H,8,17H2,1-4H3. The van der Waals surface area contributed by atoms with Crippen molar-refractivity contribution < 1.29 is 0 Å². The van der Waals surface area contributed by atoms with Gasteiger partial charge in [0.1, 0.15) is 5.69 Å². The highest BCUT2D eigenvalue weighted by atomic mass is 32.1. The van der Waals surface area contributed by atoms with Crippen LogP contribution in [0.1, 0.15) is 31.3 Å². The van der Waals surface area contributed by atoms with Crippen molar-refractivity contribution in [3.63, 3.8) is 0 Å². The highest BCUT2D eigenvalue weighted by Crippen LogP contribution is 2.32. The molecule has 5 heteroatoms. The van der Waals surface area contributed by atoms with Crippen LogP contribution in [-0.2, 0) is 12.1 Å². The number of fused-ring (bicyclic) bond motifs is 1. The Bertz CT molecular complexity index is 792. The molecule has 0 unspecified atom stereocenters. The van der Waals surface area contributed by atoms with Crippen LogP contribution < -0.4 is 5.73 Å². The molecule has 0 bridgehead atoms. The molecule has 0 amide bonds. The van der Waals surface area contributed by atoms with Crippen LogP contribution in [0, 0.1) is 6.92 Å². The molecule has 2 N–H and O–H groups in total. The third-order valence-corrected chi connectivity index (χ3v) is 4.25. The summed E-state index contributed by atoms with van der Waals surface area (Å²) in [4.78, 5) is 9.43. The molecular formula is C16H20N4S. The zero-order valence-electron chi connectivity index (χ0n) is 12.8. The number of imidazole rings is 1. The summed E-state index contributed by atoms with van der Waals surface area (Å²) in [6.07, 6.45) is 0. The molecule has 0 atom stereocenters. The van der Waals surface area contributed by atoms with Crippen LogP contribution in [0.2, 0.25) is 0 Å². The Morgan fingerprint density at radius 3 is 2.57 bits per heavy atom. The number of nitrogens with zero attached hydrogens (tertiary/aromatic N) is 3. The summed E-state index contributed by atoms with van der Waals surface area (Å²) >= 11 is 1.65. The zero-order chi connectivity index (χ0) is 15.2. The fraction of sp³-hybridized carbons (Fsp3) is 0.375. The van der Waals surface area contributed by atoms with E-state index < -0.39 is 0 Å². The van der Waals surface area contributed by atoms with Crippen molar-refractivity contribution in [2.75, 3.05) is 0 Å². The average molecular weight is 300 g/mol. The van der Waals surface area contributed by atoms with E-state index in [-0.39, 0.29) is 5.54 Å². The highest BCUT2D eigenvalue weighted by molar-refractivity contribution is 7.09. The maximum atomic E-state index is 5.74. The lowest BCUT2D eigenvalue weighted by Crippen LogP contribution is -2.22. The minimum atomic E-state index is -0.0637. The number of rotatable bonds is 2. The molecule has 1 aromatic carbocycles. The Hall–Kier alpha value is -1.72. The smallest absolute Gasteiger partial charge is 0.161 e. The van der Waals surface area contributed by atoms with E-state index >= 15 is 0 Å². The molecule has 3 aromatic rings. The van der Waals surface area contributed by atoms with Gasteiger partial charge in [0.2, 0.25) is 0 Å². The van der Waals surface area contributed by atoms with Gasteiger partial charge in [-0.25, -0.2) is 9.97 Å². The molecule has 2 heterocycles. The van der Waals surface area contributed by atoms with E-state index in [1.54, 1.807) is 11.3 Å². The average Bonchev–Trinajstić information content (AvgIpc) is 3.00. The molecule has 2 aromatic heterocycles. The van der Waals surface area contributed by atoms with E-state index in [9.17, 15) is 0 Å². The van der Waals surface area contributed by atoms with Crippen molar-refractivity contribution >= 4 is 22.4 Å². The SMILES string of the molecule is Cc1nc(-c2nc3cc(CN)ccc3n2C(C)(C)C)cs1. The summed E-state index contributed by atoms with van der Waals surface area (Å²) in [5.74, 6) is 0.927. The van der Waals surface area contributed by atoms with Crippen LogP contribution in [0.4, 0.5) is 0 Å². The van der Waals surface area contributed by atoms with Gasteiger partial charge < -0.3 is 10.3 Å². The minimum absolute atomic E-state index is 0.0637. The number of nitrogens with two attached hydrogens (primary N) is 1. The van der Waals surface area contributed by atoms with E-state index in [1.165, 1.54) is 0 Å². The van der Waals surface area contributed by atoms with Gasteiger partial charge in [-0.2, -0.15) is 0 Å². The van der Waals surface area contributed by atoms with Crippen LogP contribution in [0.5, 0.6) is 0 Å². The molecule has 0 aliphatic carbocycles. The van der Waals surface area contributed by atoms with E-state index in [0.717, 1.165) is 33.1 Å². The molecule has 0 saturated carbocycles. The largest absolute Gasteiger partial charge is 0.326 e. The number of aromatic nitrogens is 3. The van der Waals surface area contributed by atoms with Crippen LogP contribution in [0.25, 0.3) is 22.6 Å². The van der Waals surface area contributed by atoms with E-state index in [1.807, 2.05) is 6.92 Å². The first-order chi connectivity index (χ1) is 9.90. The third-order valence-electron chi connectivity index (χ3n) is 3.47. The number of benzene rings is 1. The summed E-state index contributed by atoms with van der Waals surface area (Å²) < 4.78 is 2.26. The van der Waals surface area contributed by atoms with Crippen molar-refractivity contribution in [1.82, 2.24) is 14.5 Å². The van der Waals surface area contributed by atoms with Gasteiger partial charge in [-0.1, -0.05) is 6.07 Å². The number of thiazole rings is 1. The van der Waals surface area contributed by atoms with Crippen LogP contribution in [0.15, 0.2) is 23.6 Å². The Kier molecular flexibility index (Phi) is 3.34. The third kappa shape index (κ3) is 2.47. The lowest BCUT2D eigenvalue weighted by Gasteiger charge is -2.24. The molecule has 4 nitrogen and oxygen atoms in total. The first-order valence-electron chi connectivity index (χ1n) is 7.04. The van der Waals surface area contributed by atoms with Gasteiger partial charge >= 0.3 is 0 Å². The minimum Gasteiger partial charge on any atom is -0.326 e. The first kappa shape index (κ1) is 14.2. The van der Waals surface area contributed by atoms with Crippen LogP contribution in [-0.4, -0.2) is 14.5 Å². The molecule has 21 heavy (non-hydrogen) atoms. The number of hydrogen-bond donors (Lipinski definition) is 1. The Labute approximate surface area is 128 Å². The van der Waals surface area contributed by atoms with Crippen molar-refractivity contribution in [2.45, 2.75) is 39.8 Å². The second-order valence-electron chi connectivity index (χ2n) is 6.22. The van der Waals surface area contributed by atoms with Gasteiger partial charge in [0.15, 0.2) is 5.82 Å². The predicted molar refractivity (Wildman–Crippen MR) is 88.5 cm³/mol. The van der Waals surface area contributed by atoms with E-state index in [4.69, 9.17) is 10.7 Å². The lowest BCUT2D eigenvalue weighted by atomic mass is 10.1. The molecule has 0 aliphatic rings. The van der Waals surface area contributed by atoms with Crippen molar-refractivity contribution in [3.05, 3.63) is 34.2 Å². The Balaban J connectivity index is 2.32. The Morgan fingerprint density at radius 2 is 2.00 bits per heavy atom. The van der Waals surface area contributed by atoms with Gasteiger partial charge in [0, 0.05) is 17.5 Å². The van der Waals surface area contributed by atoms with Gasteiger partial charge in [-0.15, -0.1) is 11.3 Å². The monoisotopic (exact) mass is 300 g/mol. The Morgan fingerprint density at radius 1 is 1.24 bits per heavy atom. The summed E-state index contributed by atoms with van der Waals surface area (Å²) in [5.41, 5.74) is 9.82. The molecule has 0 aliphatic heterocycles. The number of hydrogen-bond acceptors (Lipinski definition) is 4. The molecule has 0 saturated heterocycles. The van der Waals surface area contributed by atoms with Crippen LogP contribution in [0.3, 0.4) is 0 Å². The predicted octanol–water partition coefficient (Wildman–Crippen LogP) is 3.68. The second kappa shape index (κ2) is 4.93. The lowest BCUT2D eigenvalue weighted by molar-refractivity contribution is 0.412. The van der Waals surface area contributed by atoms with Gasteiger partial charge in [-0.3, -0.25) is 0 Å². The summed E-state index contributed by atoms with van der Waals surface area (Å²) in [7, 11) is 0. The maximum Gasteiger partial charge on any atom is 0.161 e. The molecule has 0 radical (unpaired) electrons. The van der Waals surface area contributed by atoms with Gasteiger partial charge in [0.25, 0.3) is 0 Å². The fourth-order valence-electron chi connectivity index (χ4n) is 2.57. The fourth-order valence-corrected chi connectivity index (χ4v) is 3.16. The molecule has 0 fully saturated rings. The van der Waals surface area contributed by atoms with Crippen molar-refractivity contribution in [3.8, 4) is 11.5 Å². The second-order valence-corrected chi connectivity index (χ2v) is 7.28.